The molecule has 2 N–H and O–H groups in total. The molecule has 1 aliphatic rings. The first-order valence-corrected chi connectivity index (χ1v) is 9.04. The Hall–Kier alpha value is -2.62. The largest absolute Gasteiger partial charge is 0.317 e. The molecule has 7 nitrogen and oxygen atoms in total. The maximum absolute atomic E-state index is 13.6. The van der Waals surface area contributed by atoms with Crippen LogP contribution in [0.1, 0.15) is 48.4 Å². The summed E-state index contributed by atoms with van der Waals surface area (Å²) in [6.07, 6.45) is 3.84. The van der Waals surface area contributed by atoms with Gasteiger partial charge in [-0.2, -0.15) is 10.2 Å². The van der Waals surface area contributed by atoms with E-state index in [0.717, 1.165) is 18.4 Å². The smallest absolute Gasteiger partial charge is 0.282 e. The zero-order valence-electron chi connectivity index (χ0n) is 13.8. The van der Waals surface area contributed by atoms with Gasteiger partial charge in [0.25, 0.3) is 12.3 Å². The number of hydrogen-bond donors (Lipinski definition) is 2. The fourth-order valence-corrected chi connectivity index (χ4v) is 3.63. The van der Waals surface area contributed by atoms with Gasteiger partial charge in [0.15, 0.2) is 0 Å². The number of aromatic amines is 1. The van der Waals surface area contributed by atoms with Gasteiger partial charge in [-0.1, -0.05) is 0 Å². The van der Waals surface area contributed by atoms with E-state index in [0.29, 0.717) is 10.9 Å². The van der Waals surface area contributed by atoms with Gasteiger partial charge >= 0.3 is 0 Å². The van der Waals surface area contributed by atoms with Crippen molar-refractivity contribution in [3.8, 4) is 10.6 Å². The number of hydrogen-bond acceptors (Lipinski definition) is 5. The molecule has 1 saturated carbocycles. The Bertz CT molecular complexity index is 915. The predicted molar refractivity (Wildman–Crippen MR) is 92.3 cm³/mol. The highest BCUT2D eigenvalue weighted by molar-refractivity contribution is 7.13. The van der Waals surface area contributed by atoms with Gasteiger partial charge in [-0.15, -0.1) is 11.3 Å². The van der Waals surface area contributed by atoms with Crippen molar-refractivity contribution in [3.05, 3.63) is 35.4 Å². The summed E-state index contributed by atoms with van der Waals surface area (Å²) in [6, 6.07) is -0.114. The van der Waals surface area contributed by atoms with Crippen LogP contribution in [0.2, 0.25) is 0 Å². The van der Waals surface area contributed by atoms with Crippen LogP contribution < -0.4 is 5.32 Å². The van der Waals surface area contributed by atoms with Crippen molar-refractivity contribution < 1.29 is 13.6 Å². The summed E-state index contributed by atoms with van der Waals surface area (Å²) < 4.78 is 28.5. The summed E-state index contributed by atoms with van der Waals surface area (Å²) in [7, 11) is 0. The predicted octanol–water partition coefficient (Wildman–Crippen LogP) is 3.89. The summed E-state index contributed by atoms with van der Waals surface area (Å²) in [5, 5.41) is 15.3. The number of nitrogens with one attached hydrogen (secondary N) is 2. The molecule has 3 aromatic heterocycles. The number of nitrogens with zero attached hydrogens (tertiary/aromatic N) is 4. The van der Waals surface area contributed by atoms with Crippen molar-refractivity contribution in [2.75, 3.05) is 5.32 Å². The maximum atomic E-state index is 13.6. The summed E-state index contributed by atoms with van der Waals surface area (Å²) >= 11 is 1.28. The second kappa shape index (κ2) is 6.60. The fourth-order valence-electron chi connectivity index (χ4n) is 2.85. The van der Waals surface area contributed by atoms with E-state index in [9.17, 15) is 13.6 Å². The molecular weight excluding hydrogens is 362 g/mol. The third kappa shape index (κ3) is 3.12. The molecule has 10 heteroatoms. The summed E-state index contributed by atoms with van der Waals surface area (Å²) in [5.74, 6) is -0.177. The van der Waals surface area contributed by atoms with Crippen molar-refractivity contribution in [1.82, 2.24) is 25.0 Å². The van der Waals surface area contributed by atoms with E-state index in [4.69, 9.17) is 0 Å². The number of halogens is 2. The summed E-state index contributed by atoms with van der Waals surface area (Å²) in [4.78, 5) is 16.7. The lowest BCUT2D eigenvalue weighted by atomic mass is 10.2. The third-order valence-electron chi connectivity index (χ3n) is 4.46. The highest BCUT2D eigenvalue weighted by Gasteiger charge is 2.33. The molecule has 3 heterocycles. The van der Waals surface area contributed by atoms with Crippen molar-refractivity contribution in [1.29, 1.82) is 0 Å². The number of amides is 1. The second-order valence-corrected chi connectivity index (χ2v) is 7.10. The van der Waals surface area contributed by atoms with Crippen molar-refractivity contribution in [3.63, 3.8) is 0 Å². The molecule has 0 aliphatic heterocycles. The topological polar surface area (TPSA) is 88.5 Å². The van der Waals surface area contributed by atoms with E-state index in [2.05, 4.69) is 25.6 Å². The van der Waals surface area contributed by atoms with E-state index < -0.39 is 12.3 Å². The molecule has 0 saturated heterocycles. The lowest BCUT2D eigenvalue weighted by Gasteiger charge is -2.15. The van der Waals surface area contributed by atoms with E-state index >= 15 is 0 Å². The van der Waals surface area contributed by atoms with Crippen LogP contribution in [0.3, 0.4) is 0 Å². The molecular formula is C16H16F2N6OS. The van der Waals surface area contributed by atoms with Crippen LogP contribution in [0.15, 0.2) is 24.0 Å². The number of anilines is 1. The molecule has 1 amide bonds. The quantitative estimate of drug-likeness (QED) is 0.681. The molecule has 0 spiro atoms. The lowest BCUT2D eigenvalue weighted by Crippen LogP contribution is -2.16. The molecule has 0 bridgehead atoms. The first kappa shape index (κ1) is 16.8. The number of alkyl halides is 2. The maximum Gasteiger partial charge on any atom is 0.282 e. The van der Waals surface area contributed by atoms with Crippen molar-refractivity contribution in [2.45, 2.75) is 32.2 Å². The van der Waals surface area contributed by atoms with E-state index in [1.165, 1.54) is 22.2 Å². The highest BCUT2D eigenvalue weighted by atomic mass is 32.1. The molecule has 0 aromatic carbocycles. The molecule has 26 heavy (non-hydrogen) atoms. The first-order valence-electron chi connectivity index (χ1n) is 8.16. The number of thiazole rings is 1. The van der Waals surface area contributed by atoms with Gasteiger partial charge in [-0.05, 0) is 25.7 Å². The average Bonchev–Trinajstić information content (AvgIpc) is 3.05. The minimum atomic E-state index is -2.73. The Morgan fingerprint density at radius 2 is 2.23 bits per heavy atom. The second-order valence-electron chi connectivity index (χ2n) is 6.25. The number of H-pyrrole nitrogens is 1. The summed E-state index contributed by atoms with van der Waals surface area (Å²) in [5.41, 5.74) is 0.682. The zero-order valence-corrected chi connectivity index (χ0v) is 14.6. The number of aromatic nitrogens is 5. The summed E-state index contributed by atoms with van der Waals surface area (Å²) in [6.45, 7) is 1.87. The van der Waals surface area contributed by atoms with Gasteiger partial charge in [-0.25, -0.2) is 13.8 Å². The number of carbonyl (C=O) groups is 1. The van der Waals surface area contributed by atoms with Crippen molar-refractivity contribution >= 4 is 22.9 Å². The first-order chi connectivity index (χ1) is 12.5. The van der Waals surface area contributed by atoms with Crippen LogP contribution >= 0.6 is 11.3 Å². The Labute approximate surface area is 151 Å². The van der Waals surface area contributed by atoms with Gasteiger partial charge in [-0.3, -0.25) is 14.6 Å². The van der Waals surface area contributed by atoms with Gasteiger partial charge in [0.2, 0.25) is 0 Å². The molecule has 0 unspecified atom stereocenters. The van der Waals surface area contributed by atoms with Crippen LogP contribution in [0.25, 0.3) is 10.6 Å². The normalized spacial score (nSPS) is 15.4. The Morgan fingerprint density at radius 3 is 2.88 bits per heavy atom. The molecule has 3 aromatic rings. The number of rotatable bonds is 6. The molecule has 0 radical (unpaired) electrons. The van der Waals surface area contributed by atoms with Crippen molar-refractivity contribution in [2.24, 2.45) is 5.92 Å². The minimum Gasteiger partial charge on any atom is -0.317 e. The number of carbonyl (C=O) groups excluding carboxylic acids is 1. The fraction of sp³-hybridized carbons (Fsp3) is 0.375. The van der Waals surface area contributed by atoms with Crippen LogP contribution in [0.5, 0.6) is 0 Å². The molecule has 4 rings (SSSR count). The zero-order chi connectivity index (χ0) is 18.3. The van der Waals surface area contributed by atoms with E-state index in [-0.39, 0.29) is 23.1 Å². The molecule has 136 valence electrons. The van der Waals surface area contributed by atoms with Crippen LogP contribution in [0, 0.1) is 5.92 Å². The minimum absolute atomic E-state index is 0.0235. The Kier molecular flexibility index (Phi) is 4.27. The lowest BCUT2D eigenvalue weighted by molar-refractivity contribution is 0.102. The van der Waals surface area contributed by atoms with E-state index in [1.807, 2.05) is 6.92 Å². The molecule has 1 aliphatic carbocycles. The Balaban J connectivity index is 1.56. The van der Waals surface area contributed by atoms with Gasteiger partial charge < -0.3 is 5.32 Å². The average molecular weight is 378 g/mol. The van der Waals surface area contributed by atoms with Crippen LogP contribution in [-0.2, 0) is 0 Å². The van der Waals surface area contributed by atoms with Gasteiger partial charge in [0.05, 0.1) is 24.1 Å². The molecule has 1 atom stereocenters. The van der Waals surface area contributed by atoms with Crippen LogP contribution in [-0.4, -0.2) is 30.9 Å². The van der Waals surface area contributed by atoms with Gasteiger partial charge in [0, 0.05) is 17.1 Å². The SMILES string of the molecule is C[C@@H](C1CC1)n1ncc(NC(=O)c2csc(-c3cn[nH]c3)n2)c1C(F)F. The Morgan fingerprint density at radius 1 is 1.42 bits per heavy atom. The third-order valence-corrected chi connectivity index (χ3v) is 5.35. The van der Waals surface area contributed by atoms with E-state index in [1.54, 1.807) is 17.8 Å². The standard InChI is InChI=1S/C16H16F2N6OS/c1-8(9-2-3-9)24-13(14(17)18)11(6-21-24)22-15(25)12-7-26-16(23-12)10-4-19-20-5-10/h4-9,14H,2-3H2,1H3,(H,19,20)(H,22,25)/t8-/m0/s1. The van der Waals surface area contributed by atoms with Gasteiger partial charge in [0.1, 0.15) is 16.4 Å². The van der Waals surface area contributed by atoms with Crippen LogP contribution in [0.4, 0.5) is 14.5 Å². The molecule has 1 fully saturated rings. The highest BCUT2D eigenvalue weighted by Crippen LogP contribution is 2.41. The monoisotopic (exact) mass is 378 g/mol.